The highest BCUT2D eigenvalue weighted by Gasteiger charge is 2.10. The minimum absolute atomic E-state index is 0.182. The molecule has 0 saturated carbocycles. The van der Waals surface area contributed by atoms with Crippen molar-refractivity contribution >= 4 is 11.8 Å². The van der Waals surface area contributed by atoms with Crippen LogP contribution in [-0.4, -0.2) is 18.9 Å². The molecule has 0 aliphatic heterocycles. The molecule has 0 saturated heterocycles. The topological polar surface area (TPSA) is 72.2 Å². The lowest BCUT2D eigenvalue weighted by molar-refractivity contribution is -0.121. The monoisotopic (exact) mass is 157 g/mol. The van der Waals surface area contributed by atoms with Crippen LogP contribution < -0.4 is 11.1 Å². The smallest absolute Gasteiger partial charge is 0.223 e. The number of nitrogens with one attached hydrogen (secondary N) is 1. The Bertz CT molecular complexity index is 157. The maximum atomic E-state index is 10.6. The molecule has 3 N–H and O–H groups in total. The maximum absolute atomic E-state index is 10.6. The van der Waals surface area contributed by atoms with Gasteiger partial charge in [0.25, 0.3) is 0 Å². The summed E-state index contributed by atoms with van der Waals surface area (Å²) < 4.78 is 0. The van der Waals surface area contributed by atoms with Gasteiger partial charge in [-0.1, -0.05) is 6.92 Å². The van der Waals surface area contributed by atoms with E-state index in [1.807, 2.05) is 0 Å². The zero-order valence-corrected chi connectivity index (χ0v) is 6.76. The Kier molecular flexibility index (Phi) is 4.26. The van der Waals surface area contributed by atoms with Crippen LogP contribution >= 0.6 is 0 Å². The number of carbonyl (C=O) groups excluding carboxylic acids is 2. The van der Waals surface area contributed by atoms with E-state index in [9.17, 15) is 9.59 Å². The number of nitrogens with two attached hydrogens (primary N) is 1. The van der Waals surface area contributed by atoms with Crippen LogP contribution in [0.15, 0.2) is 0 Å². The number of hydrogen-bond acceptors (Lipinski definition) is 2. The lowest BCUT2D eigenvalue weighted by Gasteiger charge is -2.04. The Morgan fingerprint density at radius 1 is 1.64 bits per heavy atom. The fourth-order valence-electron chi connectivity index (χ4n) is 0.502. The summed E-state index contributed by atoms with van der Waals surface area (Å²) in [5.74, 6) is -0.837. The molecule has 4 nitrogen and oxygen atoms in total. The standard InChI is InChI=1S/C7H13N2O2/c1-5(7(8)11)3-4-6(10)9-2/h4-5H,3H2,1-2H3,(H2,8,11)(H,9,10). The first-order valence-corrected chi connectivity index (χ1v) is 3.42. The number of amides is 2. The van der Waals surface area contributed by atoms with Gasteiger partial charge < -0.3 is 11.1 Å². The molecule has 1 atom stereocenters. The maximum Gasteiger partial charge on any atom is 0.223 e. The molecule has 11 heavy (non-hydrogen) atoms. The van der Waals surface area contributed by atoms with Gasteiger partial charge in [-0.05, 0) is 6.42 Å². The molecule has 63 valence electrons. The van der Waals surface area contributed by atoms with E-state index < -0.39 is 0 Å². The summed E-state index contributed by atoms with van der Waals surface area (Å²) in [4.78, 5) is 21.1. The van der Waals surface area contributed by atoms with Gasteiger partial charge in [0.05, 0.1) is 6.42 Å². The minimum atomic E-state index is -0.384. The quantitative estimate of drug-likeness (QED) is 0.574. The Morgan fingerprint density at radius 2 is 2.18 bits per heavy atom. The lowest BCUT2D eigenvalue weighted by Crippen LogP contribution is -2.24. The molecule has 0 fully saturated rings. The van der Waals surface area contributed by atoms with Crippen molar-refractivity contribution in [1.82, 2.24) is 5.32 Å². The number of primary amides is 1. The van der Waals surface area contributed by atoms with Crippen LogP contribution in [0, 0.1) is 12.3 Å². The third-order valence-corrected chi connectivity index (χ3v) is 1.39. The molecule has 0 aliphatic carbocycles. The Hall–Kier alpha value is -1.06. The zero-order chi connectivity index (χ0) is 8.85. The van der Waals surface area contributed by atoms with Crippen LogP contribution in [-0.2, 0) is 9.59 Å². The minimum Gasteiger partial charge on any atom is -0.369 e. The molecule has 1 unspecified atom stereocenters. The van der Waals surface area contributed by atoms with Crippen molar-refractivity contribution in [3.05, 3.63) is 6.42 Å². The zero-order valence-electron chi connectivity index (χ0n) is 6.76. The van der Waals surface area contributed by atoms with E-state index in [0.717, 1.165) is 0 Å². The number of carbonyl (C=O) groups is 2. The largest absolute Gasteiger partial charge is 0.369 e. The molecule has 0 aromatic carbocycles. The summed E-state index contributed by atoms with van der Waals surface area (Å²) in [6, 6.07) is 0. The fraction of sp³-hybridized carbons (Fsp3) is 0.571. The molecule has 1 radical (unpaired) electrons. The predicted molar refractivity (Wildman–Crippen MR) is 41.3 cm³/mol. The van der Waals surface area contributed by atoms with Crippen LogP contribution in [0.5, 0.6) is 0 Å². The van der Waals surface area contributed by atoms with Crippen molar-refractivity contribution in [2.45, 2.75) is 13.3 Å². The second-order valence-corrected chi connectivity index (χ2v) is 2.36. The molecule has 0 heterocycles. The van der Waals surface area contributed by atoms with Gasteiger partial charge >= 0.3 is 0 Å². The molecule has 0 aromatic rings. The van der Waals surface area contributed by atoms with Crippen LogP contribution in [0.2, 0.25) is 0 Å². The average molecular weight is 157 g/mol. The van der Waals surface area contributed by atoms with Gasteiger partial charge in [-0.15, -0.1) is 0 Å². The van der Waals surface area contributed by atoms with Gasteiger partial charge in [-0.25, -0.2) is 0 Å². The summed E-state index contributed by atoms with van der Waals surface area (Å²) in [5, 5.41) is 2.41. The van der Waals surface area contributed by atoms with E-state index >= 15 is 0 Å². The van der Waals surface area contributed by atoms with Gasteiger partial charge in [0.15, 0.2) is 0 Å². The second-order valence-electron chi connectivity index (χ2n) is 2.36. The van der Waals surface area contributed by atoms with Crippen molar-refractivity contribution in [2.75, 3.05) is 7.05 Å². The van der Waals surface area contributed by atoms with E-state index in [1.54, 1.807) is 6.92 Å². The van der Waals surface area contributed by atoms with Gasteiger partial charge in [0.2, 0.25) is 11.8 Å². The summed E-state index contributed by atoms with van der Waals surface area (Å²) >= 11 is 0. The first-order chi connectivity index (χ1) is 5.07. The van der Waals surface area contributed by atoms with Crippen LogP contribution in [0.4, 0.5) is 0 Å². The van der Waals surface area contributed by atoms with Crippen molar-refractivity contribution in [3.63, 3.8) is 0 Å². The lowest BCUT2D eigenvalue weighted by atomic mass is 10.1. The first kappa shape index (κ1) is 9.94. The van der Waals surface area contributed by atoms with Crippen molar-refractivity contribution in [1.29, 1.82) is 0 Å². The highest BCUT2D eigenvalue weighted by molar-refractivity contribution is 5.85. The summed E-state index contributed by atoms with van der Waals surface area (Å²) in [5.41, 5.74) is 4.97. The molecular formula is C7H13N2O2. The molecule has 0 aliphatic rings. The molecule has 0 spiro atoms. The SMILES string of the molecule is CNC(=O)[CH]CC(C)C(N)=O. The third-order valence-electron chi connectivity index (χ3n) is 1.39. The number of rotatable bonds is 4. The molecule has 2 amide bonds. The normalized spacial score (nSPS) is 12.2. The van der Waals surface area contributed by atoms with E-state index in [0.29, 0.717) is 6.42 Å². The van der Waals surface area contributed by atoms with E-state index in [4.69, 9.17) is 5.73 Å². The van der Waals surface area contributed by atoms with Crippen LogP contribution in [0.25, 0.3) is 0 Å². The summed E-state index contributed by atoms with van der Waals surface area (Å²) in [6.45, 7) is 1.68. The molecule has 0 rings (SSSR count). The third kappa shape index (κ3) is 4.36. The molecule has 4 heteroatoms. The molecule has 0 bridgehead atoms. The van der Waals surface area contributed by atoms with E-state index in [2.05, 4.69) is 5.32 Å². The highest BCUT2D eigenvalue weighted by atomic mass is 16.2. The molecular weight excluding hydrogens is 144 g/mol. The van der Waals surface area contributed by atoms with Gasteiger partial charge in [-0.3, -0.25) is 9.59 Å². The van der Waals surface area contributed by atoms with Gasteiger partial charge in [0, 0.05) is 13.0 Å². The second kappa shape index (κ2) is 4.71. The van der Waals surface area contributed by atoms with E-state index in [1.165, 1.54) is 13.5 Å². The average Bonchev–Trinajstić information content (AvgIpc) is 1.99. The van der Waals surface area contributed by atoms with Crippen molar-refractivity contribution in [3.8, 4) is 0 Å². The van der Waals surface area contributed by atoms with Gasteiger partial charge in [0.1, 0.15) is 0 Å². The van der Waals surface area contributed by atoms with E-state index in [-0.39, 0.29) is 17.7 Å². The Labute approximate surface area is 66.1 Å². The van der Waals surface area contributed by atoms with Gasteiger partial charge in [-0.2, -0.15) is 0 Å². The van der Waals surface area contributed by atoms with Crippen LogP contribution in [0.3, 0.4) is 0 Å². The van der Waals surface area contributed by atoms with Crippen molar-refractivity contribution in [2.24, 2.45) is 11.7 Å². The van der Waals surface area contributed by atoms with Crippen LogP contribution in [0.1, 0.15) is 13.3 Å². The predicted octanol–water partition coefficient (Wildman–Crippen LogP) is -0.552. The highest BCUT2D eigenvalue weighted by Crippen LogP contribution is 2.02. The summed E-state index contributed by atoms with van der Waals surface area (Å²) in [7, 11) is 1.54. The molecule has 0 aromatic heterocycles. The number of hydrogen-bond donors (Lipinski definition) is 2. The first-order valence-electron chi connectivity index (χ1n) is 3.42. The Balaban J connectivity index is 3.54. The fourth-order valence-corrected chi connectivity index (χ4v) is 0.502. The van der Waals surface area contributed by atoms with Crippen molar-refractivity contribution < 1.29 is 9.59 Å². The summed E-state index contributed by atoms with van der Waals surface area (Å²) in [6.07, 6.45) is 1.81. The Morgan fingerprint density at radius 3 is 2.55 bits per heavy atom.